The first kappa shape index (κ1) is 24.2. The Bertz CT molecular complexity index is 1150. The van der Waals surface area contributed by atoms with Gasteiger partial charge in [-0.2, -0.15) is 0 Å². The molecule has 190 valence electrons. The van der Waals surface area contributed by atoms with Crippen LogP contribution in [0, 0.1) is 11.7 Å². The van der Waals surface area contributed by atoms with Gasteiger partial charge < -0.3 is 14.7 Å². The number of halogens is 1. The number of fused-ring (bicyclic) bond motifs is 3. The molecule has 4 aliphatic heterocycles. The van der Waals surface area contributed by atoms with Gasteiger partial charge in [-0.15, -0.1) is 0 Å². The summed E-state index contributed by atoms with van der Waals surface area (Å²) < 4.78 is 20.7. The fraction of sp³-hybridized carbons (Fsp3) is 0.444. The van der Waals surface area contributed by atoms with E-state index in [0.29, 0.717) is 43.0 Å². The first-order valence-corrected chi connectivity index (χ1v) is 12.5. The van der Waals surface area contributed by atoms with Crippen molar-refractivity contribution >= 4 is 23.7 Å². The van der Waals surface area contributed by atoms with E-state index in [9.17, 15) is 23.9 Å². The van der Waals surface area contributed by atoms with Gasteiger partial charge in [0.1, 0.15) is 18.0 Å². The van der Waals surface area contributed by atoms with Gasteiger partial charge in [-0.3, -0.25) is 14.6 Å². The van der Waals surface area contributed by atoms with Crippen LogP contribution in [-0.2, 0) is 16.1 Å². The number of carboxylic acids is 1. The number of hydrogen-bond acceptors (Lipinski definition) is 5. The smallest absolute Gasteiger partial charge is 0.415 e. The molecule has 0 saturated carbocycles. The van der Waals surface area contributed by atoms with Gasteiger partial charge in [-0.1, -0.05) is 24.3 Å². The van der Waals surface area contributed by atoms with Crippen molar-refractivity contribution in [1.82, 2.24) is 9.80 Å². The number of anilines is 1. The maximum atomic E-state index is 14.8. The van der Waals surface area contributed by atoms with Crippen LogP contribution in [0.2, 0.25) is 0 Å². The lowest BCUT2D eigenvalue weighted by Crippen LogP contribution is -2.53. The Kier molecular flexibility index (Phi) is 6.91. The molecule has 2 amide bonds. The number of ether oxygens (including phenoxy) is 1. The minimum Gasteiger partial charge on any atom is -0.480 e. The molecule has 0 spiro atoms. The molecule has 6 rings (SSSR count). The van der Waals surface area contributed by atoms with Crippen molar-refractivity contribution in [3.05, 3.63) is 65.5 Å². The van der Waals surface area contributed by atoms with Crippen LogP contribution in [0.25, 0.3) is 0 Å². The summed E-state index contributed by atoms with van der Waals surface area (Å²) in [5.41, 5.74) is 1.05. The van der Waals surface area contributed by atoms with Crippen molar-refractivity contribution < 1.29 is 28.6 Å². The van der Waals surface area contributed by atoms with Crippen molar-refractivity contribution in [2.75, 3.05) is 31.1 Å². The average molecular weight is 496 g/mol. The van der Waals surface area contributed by atoms with E-state index in [1.54, 1.807) is 36.4 Å². The van der Waals surface area contributed by atoms with Crippen LogP contribution in [-0.4, -0.2) is 71.2 Å². The van der Waals surface area contributed by atoms with Crippen molar-refractivity contribution in [1.29, 1.82) is 0 Å². The normalized spacial score (nSPS) is 25.0. The molecule has 2 bridgehead atoms. The molecule has 2 aromatic carbocycles. The molecule has 8 nitrogen and oxygen atoms in total. The van der Waals surface area contributed by atoms with Crippen LogP contribution < -0.4 is 4.90 Å². The van der Waals surface area contributed by atoms with Crippen LogP contribution >= 0.6 is 0 Å². The Morgan fingerprint density at radius 2 is 1.81 bits per heavy atom. The zero-order valence-corrected chi connectivity index (χ0v) is 20.0. The predicted octanol–water partition coefficient (Wildman–Crippen LogP) is 3.75. The quantitative estimate of drug-likeness (QED) is 0.657. The monoisotopic (exact) mass is 495 g/mol. The second kappa shape index (κ2) is 10.3. The zero-order chi connectivity index (χ0) is 25.2. The van der Waals surface area contributed by atoms with Gasteiger partial charge in [-0.25, -0.2) is 14.0 Å². The fourth-order valence-electron chi connectivity index (χ4n) is 5.57. The summed E-state index contributed by atoms with van der Waals surface area (Å²) in [5, 5.41) is 9.45. The third kappa shape index (κ3) is 4.93. The Balaban J connectivity index is 1.37. The highest BCUT2D eigenvalue weighted by molar-refractivity contribution is 5.97. The van der Waals surface area contributed by atoms with E-state index in [-0.39, 0.29) is 24.2 Å². The number of nitrogens with zero attached hydrogens (tertiary/aromatic N) is 3. The molecule has 4 fully saturated rings. The summed E-state index contributed by atoms with van der Waals surface area (Å²) in [6.45, 7) is 3.09. The first-order valence-electron chi connectivity index (χ1n) is 12.5. The van der Waals surface area contributed by atoms with Gasteiger partial charge in [-0.05, 0) is 74.5 Å². The maximum Gasteiger partial charge on any atom is 0.415 e. The number of carboxylic acid groups (broad SMARTS) is 1. The molecule has 0 radical (unpaired) electrons. The number of aliphatic carboxylic acids is 1. The van der Waals surface area contributed by atoms with Crippen LogP contribution in [0.5, 0.6) is 0 Å². The topological polar surface area (TPSA) is 90.4 Å². The molecule has 36 heavy (non-hydrogen) atoms. The van der Waals surface area contributed by atoms with E-state index in [4.69, 9.17) is 4.74 Å². The van der Waals surface area contributed by atoms with E-state index in [0.717, 1.165) is 25.9 Å². The number of rotatable bonds is 6. The lowest BCUT2D eigenvalue weighted by molar-refractivity contribution is -0.141. The third-order valence-electron chi connectivity index (χ3n) is 7.53. The molecular weight excluding hydrogens is 465 g/mol. The summed E-state index contributed by atoms with van der Waals surface area (Å²) in [6.07, 6.45) is 2.17. The molecule has 9 heteroatoms. The molecule has 2 aromatic rings. The number of carbonyl (C=O) groups is 3. The SMILES string of the molecule is O=C(O)[C@@H]1CCCN1C(=O)c1cccc(CN(C(=O)O[C@H]2CN3CCC2CC3)c2ccccc2F)c1. The number of carbonyl (C=O) groups excluding carboxylic acids is 2. The number of para-hydroxylation sites is 1. The molecular formula is C27H30FN3O5. The molecule has 1 N–H and O–H groups in total. The van der Waals surface area contributed by atoms with Crippen LogP contribution in [0.1, 0.15) is 41.6 Å². The Labute approximate surface area is 209 Å². The highest BCUT2D eigenvalue weighted by Crippen LogP contribution is 2.31. The summed E-state index contributed by atoms with van der Waals surface area (Å²) in [6, 6.07) is 11.9. The van der Waals surface area contributed by atoms with Crippen molar-refractivity contribution in [2.24, 2.45) is 5.92 Å². The molecule has 4 saturated heterocycles. The largest absolute Gasteiger partial charge is 0.480 e. The number of amides is 2. The number of benzene rings is 2. The molecule has 0 unspecified atom stereocenters. The van der Waals surface area contributed by atoms with Gasteiger partial charge in [0.2, 0.25) is 0 Å². The van der Waals surface area contributed by atoms with Crippen LogP contribution in [0.3, 0.4) is 0 Å². The maximum absolute atomic E-state index is 14.8. The van der Waals surface area contributed by atoms with Gasteiger partial charge in [0.15, 0.2) is 0 Å². The molecule has 2 atom stereocenters. The minimum atomic E-state index is -1.02. The third-order valence-corrected chi connectivity index (χ3v) is 7.53. The second-order valence-corrected chi connectivity index (χ2v) is 9.79. The molecule has 0 aromatic heterocycles. The first-order chi connectivity index (χ1) is 17.4. The van der Waals surface area contributed by atoms with E-state index < -0.39 is 23.9 Å². The summed E-state index contributed by atoms with van der Waals surface area (Å²) in [5.74, 6) is -1.62. The Hall–Kier alpha value is -3.46. The van der Waals surface area contributed by atoms with E-state index in [1.807, 2.05) is 0 Å². The van der Waals surface area contributed by atoms with E-state index >= 15 is 0 Å². The number of hydrogen-bond donors (Lipinski definition) is 1. The van der Waals surface area contributed by atoms with Gasteiger partial charge >= 0.3 is 12.1 Å². The second-order valence-electron chi connectivity index (χ2n) is 9.79. The van der Waals surface area contributed by atoms with E-state index in [2.05, 4.69) is 4.90 Å². The lowest BCUT2D eigenvalue weighted by atomic mass is 9.86. The van der Waals surface area contributed by atoms with Crippen molar-refractivity contribution in [3.8, 4) is 0 Å². The summed E-state index contributed by atoms with van der Waals surface area (Å²) >= 11 is 0. The highest BCUT2D eigenvalue weighted by atomic mass is 19.1. The van der Waals surface area contributed by atoms with Crippen LogP contribution in [0.4, 0.5) is 14.9 Å². The zero-order valence-electron chi connectivity index (χ0n) is 20.0. The van der Waals surface area contributed by atoms with Crippen LogP contribution in [0.15, 0.2) is 48.5 Å². The molecule has 0 aliphatic carbocycles. The van der Waals surface area contributed by atoms with Crippen molar-refractivity contribution in [3.63, 3.8) is 0 Å². The van der Waals surface area contributed by atoms with Gasteiger partial charge in [0.25, 0.3) is 5.91 Å². The Morgan fingerprint density at radius 3 is 2.50 bits per heavy atom. The number of likely N-dealkylation sites (tertiary alicyclic amines) is 1. The Morgan fingerprint density at radius 1 is 1.03 bits per heavy atom. The predicted molar refractivity (Wildman–Crippen MR) is 130 cm³/mol. The summed E-state index contributed by atoms with van der Waals surface area (Å²) in [7, 11) is 0. The average Bonchev–Trinajstić information content (AvgIpc) is 3.39. The lowest BCUT2D eigenvalue weighted by Gasteiger charge is -2.44. The van der Waals surface area contributed by atoms with E-state index in [1.165, 1.54) is 21.9 Å². The fourth-order valence-corrected chi connectivity index (χ4v) is 5.57. The number of piperidine rings is 3. The van der Waals surface area contributed by atoms with Gasteiger partial charge in [0.05, 0.1) is 12.2 Å². The van der Waals surface area contributed by atoms with Crippen molar-refractivity contribution in [2.45, 2.75) is 44.4 Å². The molecule has 4 aliphatic rings. The standard InChI is InChI=1S/C27H30FN3O5/c28-21-7-1-2-8-22(21)31(27(35)36-24-17-29-13-10-19(24)11-14-29)16-18-5-3-6-20(15-18)25(32)30-12-4-9-23(30)26(33)34/h1-3,5-8,15,19,23-24H,4,9-14,16-17H2,(H,33,34)/t23-,24-/m0/s1. The molecule has 4 heterocycles. The summed E-state index contributed by atoms with van der Waals surface area (Å²) in [4.78, 5) is 42.9. The highest BCUT2D eigenvalue weighted by Gasteiger charge is 2.38. The van der Waals surface area contributed by atoms with Gasteiger partial charge in [0, 0.05) is 18.7 Å². The minimum absolute atomic E-state index is 0.00431.